The Morgan fingerprint density at radius 3 is 2.81 bits per heavy atom. The van der Waals surface area contributed by atoms with Crippen molar-refractivity contribution in [1.29, 1.82) is 0 Å². The van der Waals surface area contributed by atoms with Crippen molar-refractivity contribution < 1.29 is 19.5 Å². The van der Waals surface area contributed by atoms with Crippen molar-refractivity contribution in [2.45, 2.75) is 56.7 Å². The molecule has 6 heteroatoms. The first kappa shape index (κ1) is 14.8. The van der Waals surface area contributed by atoms with E-state index in [9.17, 15) is 0 Å². The monoisotopic (exact) mass is 291 g/mol. The maximum Gasteiger partial charge on any atom is 0.490 e. The molecule has 1 aliphatic carbocycles. The third-order valence-electron chi connectivity index (χ3n) is 4.57. The van der Waals surface area contributed by atoms with Gasteiger partial charge < -0.3 is 19.5 Å². The summed E-state index contributed by atoms with van der Waals surface area (Å²) in [6.07, 6.45) is 11.5. The summed E-state index contributed by atoms with van der Waals surface area (Å²) in [6, 6.07) is 1.60. The lowest BCUT2D eigenvalue weighted by Crippen LogP contribution is -2.33. The molecule has 1 aliphatic heterocycles. The quantitative estimate of drug-likeness (QED) is 0.810. The van der Waals surface area contributed by atoms with E-state index < -0.39 is 7.12 Å². The van der Waals surface area contributed by atoms with Crippen LogP contribution in [0.2, 0.25) is 0 Å². The van der Waals surface area contributed by atoms with Gasteiger partial charge in [-0.25, -0.2) is 0 Å². The molecule has 1 saturated heterocycles. The average molecular weight is 291 g/mol. The number of nitrogens with zero attached hydrogens (tertiary/aromatic N) is 1. The van der Waals surface area contributed by atoms with Gasteiger partial charge in [0.1, 0.15) is 12.4 Å². The molecule has 1 aromatic rings. The van der Waals surface area contributed by atoms with Crippen LogP contribution in [0.5, 0.6) is 5.75 Å². The van der Waals surface area contributed by atoms with Crippen molar-refractivity contribution in [1.82, 2.24) is 4.98 Å². The maximum atomic E-state index is 9.13. The van der Waals surface area contributed by atoms with Crippen LogP contribution >= 0.6 is 0 Å². The van der Waals surface area contributed by atoms with Gasteiger partial charge in [0.15, 0.2) is 0 Å². The van der Waals surface area contributed by atoms with Crippen molar-refractivity contribution in [3.05, 3.63) is 18.5 Å². The maximum absolute atomic E-state index is 9.13. The molecule has 2 heterocycles. The number of hydrogen-bond donors (Lipinski definition) is 2. The Morgan fingerprint density at radius 2 is 2.05 bits per heavy atom. The summed E-state index contributed by atoms with van der Waals surface area (Å²) in [4.78, 5) is 3.95. The molecular weight excluding hydrogens is 269 g/mol. The van der Waals surface area contributed by atoms with Crippen LogP contribution in [0, 0.1) is 0 Å². The minimum Gasteiger partial charge on any atom is -0.489 e. The third-order valence-corrected chi connectivity index (χ3v) is 4.57. The van der Waals surface area contributed by atoms with Crippen molar-refractivity contribution in [2.24, 2.45) is 0 Å². The van der Waals surface area contributed by atoms with Crippen LogP contribution in [0.15, 0.2) is 18.5 Å². The molecule has 1 atom stereocenters. The first-order valence-electron chi connectivity index (χ1n) is 7.79. The molecule has 1 saturated carbocycles. The zero-order valence-corrected chi connectivity index (χ0v) is 12.2. The highest BCUT2D eigenvalue weighted by atomic mass is 16.6. The van der Waals surface area contributed by atoms with Gasteiger partial charge in [-0.1, -0.05) is 19.3 Å². The predicted molar refractivity (Wildman–Crippen MR) is 79.5 cm³/mol. The fourth-order valence-electron chi connectivity index (χ4n) is 3.42. The van der Waals surface area contributed by atoms with E-state index in [1.54, 1.807) is 12.3 Å². The second kappa shape index (κ2) is 6.34. The number of hydrogen-bond acceptors (Lipinski definition) is 5. The number of aromatic nitrogens is 1. The van der Waals surface area contributed by atoms with Gasteiger partial charge in [-0.15, -0.1) is 0 Å². The molecule has 1 aromatic heterocycles. The largest absolute Gasteiger partial charge is 0.490 e. The second-order valence-electron chi connectivity index (χ2n) is 6.16. The van der Waals surface area contributed by atoms with E-state index in [-0.39, 0.29) is 11.7 Å². The third kappa shape index (κ3) is 3.57. The molecule has 2 aliphatic rings. The molecule has 0 amide bonds. The van der Waals surface area contributed by atoms with Crippen molar-refractivity contribution in [3.63, 3.8) is 0 Å². The topological polar surface area (TPSA) is 71.8 Å². The number of ether oxygens (including phenoxy) is 2. The van der Waals surface area contributed by atoms with Gasteiger partial charge in [0.2, 0.25) is 0 Å². The van der Waals surface area contributed by atoms with E-state index >= 15 is 0 Å². The summed E-state index contributed by atoms with van der Waals surface area (Å²) in [5, 5.41) is 18.3. The van der Waals surface area contributed by atoms with Gasteiger partial charge in [0.25, 0.3) is 0 Å². The summed E-state index contributed by atoms with van der Waals surface area (Å²) >= 11 is 0. The first-order valence-corrected chi connectivity index (χ1v) is 7.79. The van der Waals surface area contributed by atoms with E-state index in [1.165, 1.54) is 38.3 Å². The molecule has 1 spiro atoms. The summed E-state index contributed by atoms with van der Waals surface area (Å²) in [7, 11) is -1.52. The van der Waals surface area contributed by atoms with Gasteiger partial charge in [-0.05, 0) is 31.7 Å². The minimum absolute atomic E-state index is 0.105. The lowest BCUT2D eigenvalue weighted by molar-refractivity contribution is -0.0748. The summed E-state index contributed by atoms with van der Waals surface area (Å²) in [6.45, 7) is 0.494. The van der Waals surface area contributed by atoms with Crippen LogP contribution in [0.3, 0.4) is 0 Å². The van der Waals surface area contributed by atoms with E-state index in [2.05, 4.69) is 4.98 Å². The Bertz CT molecular complexity index is 476. The van der Waals surface area contributed by atoms with Gasteiger partial charge in [0.05, 0.1) is 17.9 Å². The second-order valence-corrected chi connectivity index (χ2v) is 6.16. The van der Waals surface area contributed by atoms with E-state index in [0.717, 1.165) is 12.8 Å². The highest BCUT2D eigenvalue weighted by molar-refractivity contribution is 6.58. The Balaban J connectivity index is 1.53. The van der Waals surface area contributed by atoms with Crippen LogP contribution in [0.25, 0.3) is 0 Å². The first-order chi connectivity index (χ1) is 10.2. The molecule has 0 radical (unpaired) electrons. The van der Waals surface area contributed by atoms with Gasteiger partial charge in [0, 0.05) is 11.7 Å². The summed E-state index contributed by atoms with van der Waals surface area (Å²) in [5.74, 6) is 0.550. The normalized spacial score (nSPS) is 24.2. The standard InChI is InChI=1S/C15H22BNO4/c18-16(19)12-8-14(10-17-9-12)20-11-13-4-7-15(21-13)5-2-1-3-6-15/h8-10,13,18-19H,1-7,11H2. The highest BCUT2D eigenvalue weighted by Gasteiger charge is 2.40. The van der Waals surface area contributed by atoms with Gasteiger partial charge in [-0.2, -0.15) is 0 Å². The molecule has 114 valence electrons. The molecule has 5 nitrogen and oxygen atoms in total. The highest BCUT2D eigenvalue weighted by Crippen LogP contribution is 2.41. The Labute approximate surface area is 125 Å². The van der Waals surface area contributed by atoms with Crippen molar-refractivity contribution in [3.8, 4) is 5.75 Å². The summed E-state index contributed by atoms with van der Waals surface area (Å²) in [5.41, 5.74) is 0.441. The molecular formula is C15H22BNO4. The molecule has 0 bridgehead atoms. The molecule has 3 rings (SSSR count). The fraction of sp³-hybridized carbons (Fsp3) is 0.667. The van der Waals surface area contributed by atoms with E-state index in [1.807, 2.05) is 0 Å². The Kier molecular flexibility index (Phi) is 4.47. The van der Waals surface area contributed by atoms with E-state index in [0.29, 0.717) is 17.8 Å². The smallest absolute Gasteiger partial charge is 0.489 e. The Morgan fingerprint density at radius 1 is 1.24 bits per heavy atom. The molecule has 0 aromatic carbocycles. The fourth-order valence-corrected chi connectivity index (χ4v) is 3.42. The lowest BCUT2D eigenvalue weighted by atomic mass is 9.82. The SMILES string of the molecule is OB(O)c1cncc(OCC2CCC3(CCCCC3)O2)c1. The zero-order valence-electron chi connectivity index (χ0n) is 12.2. The van der Waals surface area contributed by atoms with Gasteiger partial charge in [-0.3, -0.25) is 4.98 Å². The Hall–Kier alpha value is -1.11. The summed E-state index contributed by atoms with van der Waals surface area (Å²) < 4.78 is 12.0. The number of rotatable bonds is 4. The lowest BCUT2D eigenvalue weighted by Gasteiger charge is -2.33. The molecule has 1 unspecified atom stereocenters. The van der Waals surface area contributed by atoms with Crippen LogP contribution in [0.4, 0.5) is 0 Å². The average Bonchev–Trinajstić information content (AvgIpc) is 2.89. The van der Waals surface area contributed by atoms with Crippen LogP contribution in [-0.4, -0.2) is 40.5 Å². The van der Waals surface area contributed by atoms with Crippen LogP contribution in [-0.2, 0) is 4.74 Å². The van der Waals surface area contributed by atoms with Crippen LogP contribution < -0.4 is 10.2 Å². The predicted octanol–water partition coefficient (Wildman–Crippen LogP) is 1.02. The zero-order chi connectivity index (χ0) is 14.7. The molecule has 2 fully saturated rings. The number of pyridine rings is 1. The van der Waals surface area contributed by atoms with E-state index in [4.69, 9.17) is 19.5 Å². The molecule has 2 N–H and O–H groups in total. The minimum atomic E-state index is -1.52. The van der Waals surface area contributed by atoms with Crippen molar-refractivity contribution in [2.75, 3.05) is 6.61 Å². The van der Waals surface area contributed by atoms with Crippen molar-refractivity contribution >= 4 is 12.6 Å². The molecule has 21 heavy (non-hydrogen) atoms. The van der Waals surface area contributed by atoms with Crippen LogP contribution in [0.1, 0.15) is 44.9 Å². The van der Waals surface area contributed by atoms with Gasteiger partial charge >= 0.3 is 7.12 Å².